The molecule has 0 saturated carbocycles. The zero-order valence-corrected chi connectivity index (χ0v) is 43.0. The molecule has 6 rings (SSSR count). The van der Waals surface area contributed by atoms with Crippen molar-refractivity contribution in [3.8, 4) is 17.6 Å². The third-order valence-electron chi connectivity index (χ3n) is 10.3. The highest BCUT2D eigenvalue weighted by atomic mass is 32.1. The Morgan fingerprint density at radius 1 is 1.09 bits per heavy atom. The minimum absolute atomic E-state index is 0.0687. The zero-order valence-electron chi connectivity index (χ0n) is 40.4. The summed E-state index contributed by atoms with van der Waals surface area (Å²) in [5, 5.41) is 9.85. The second-order valence-electron chi connectivity index (χ2n) is 18.8. The Morgan fingerprint density at radius 3 is 2.55 bits per heavy atom. The number of hydrogen-bond donors (Lipinski definition) is 0. The minimum atomic E-state index is -1.26. The number of thiazole rings is 2. The van der Waals surface area contributed by atoms with E-state index in [0.717, 1.165) is 26.6 Å². The molecule has 1 amide bonds. The fraction of sp³-hybridized carbons (Fsp3) is 0.500. The van der Waals surface area contributed by atoms with E-state index in [4.69, 9.17) is 38.4 Å². The van der Waals surface area contributed by atoms with Crippen molar-refractivity contribution in [1.29, 1.82) is 0 Å². The largest absolute Gasteiger partial charge is 0.491 e. The van der Waals surface area contributed by atoms with E-state index in [1.54, 1.807) is 45.2 Å². The molecule has 15 nitrogen and oxygen atoms in total. The van der Waals surface area contributed by atoms with Gasteiger partial charge in [-0.1, -0.05) is 55.0 Å². The lowest BCUT2D eigenvalue weighted by Crippen LogP contribution is -2.34. The van der Waals surface area contributed by atoms with Crippen molar-refractivity contribution in [2.24, 2.45) is 4.99 Å². The van der Waals surface area contributed by atoms with Crippen LogP contribution in [0.3, 0.4) is 0 Å². The Labute approximate surface area is 401 Å². The van der Waals surface area contributed by atoms with E-state index in [1.807, 2.05) is 43.9 Å². The van der Waals surface area contributed by atoms with Crippen molar-refractivity contribution >= 4 is 69.8 Å². The lowest BCUT2D eigenvalue weighted by atomic mass is 10.2. The number of anilines is 2. The van der Waals surface area contributed by atoms with E-state index < -0.39 is 37.3 Å². The van der Waals surface area contributed by atoms with Gasteiger partial charge < -0.3 is 38.2 Å². The van der Waals surface area contributed by atoms with Crippen molar-refractivity contribution in [2.45, 2.75) is 111 Å². The number of aromatic nitrogens is 4. The van der Waals surface area contributed by atoms with Crippen LogP contribution in [0.25, 0.3) is 10.2 Å². The van der Waals surface area contributed by atoms with Crippen LogP contribution in [0.5, 0.6) is 5.75 Å². The van der Waals surface area contributed by atoms with Gasteiger partial charge in [-0.05, 0) is 109 Å². The summed E-state index contributed by atoms with van der Waals surface area (Å²) in [6.45, 7) is 20.3. The van der Waals surface area contributed by atoms with Gasteiger partial charge in [0, 0.05) is 38.7 Å². The highest BCUT2D eigenvalue weighted by Crippen LogP contribution is 2.35. The number of fused-ring (bicyclic) bond motifs is 1. The van der Waals surface area contributed by atoms with E-state index in [-0.39, 0.29) is 30.7 Å². The number of carbonyl (C=O) groups is 2. The molecule has 2 aromatic carbocycles. The average Bonchev–Trinajstić information content (AvgIpc) is 3.95. The van der Waals surface area contributed by atoms with Crippen molar-refractivity contribution in [3.05, 3.63) is 80.8 Å². The van der Waals surface area contributed by atoms with Gasteiger partial charge in [-0.3, -0.25) is 4.57 Å². The van der Waals surface area contributed by atoms with Crippen LogP contribution in [0, 0.1) is 24.6 Å². The first-order valence-electron chi connectivity index (χ1n) is 22.3. The van der Waals surface area contributed by atoms with Crippen LogP contribution < -0.4 is 14.4 Å². The fourth-order valence-electron chi connectivity index (χ4n) is 6.70. The number of aryl methyl sites for hydroxylation is 2. The SMILES string of the molecule is COC(=O)c1nc(N(CCC2COC(C)(C)O2)c2cc(C)c(N=c3sc4ccccc4n3COCC[Si](C)(C)C)nn2)sc1CCCOc1ccc(C#CCN(C)C(=O)OC(C)(C)C)cc1F. The van der Waals surface area contributed by atoms with E-state index in [9.17, 15) is 9.59 Å². The van der Waals surface area contributed by atoms with Gasteiger partial charge in [0.2, 0.25) is 0 Å². The summed E-state index contributed by atoms with van der Waals surface area (Å²) in [6, 6.07) is 15.6. The molecule has 5 aromatic rings. The number of hydrogen-bond acceptors (Lipinski definition) is 15. The summed E-state index contributed by atoms with van der Waals surface area (Å²) in [4.78, 5) is 39.9. The van der Waals surface area contributed by atoms with Gasteiger partial charge in [-0.15, -0.1) is 21.5 Å². The summed E-state index contributed by atoms with van der Waals surface area (Å²) in [7, 11) is 1.64. The predicted molar refractivity (Wildman–Crippen MR) is 262 cm³/mol. The first kappa shape index (κ1) is 51.2. The topological polar surface area (TPSA) is 152 Å². The van der Waals surface area contributed by atoms with Crippen molar-refractivity contribution in [1.82, 2.24) is 24.6 Å². The standard InChI is InChI=1S/C48H62FN7O8S2Si/c1-32-28-40(52-53-42(32)51-45-56(31-60-26-27-67(9,10)11)36-17-12-13-18-38(36)65-45)55(24-22-34-30-62-48(5,6)63-34)44-50-41(43(57)59-8)39(66-44)19-15-25-61-37-21-20-33(29-35(37)49)16-14-23-54(7)46(58)64-47(2,3)4/h12-13,17-18,20-21,28-29,34H,15,19,22-27,30-31H2,1-11H3. The smallest absolute Gasteiger partial charge is 0.410 e. The van der Waals surface area contributed by atoms with Crippen molar-refractivity contribution in [2.75, 3.05) is 52.0 Å². The Kier molecular flexibility index (Phi) is 17.0. The molecule has 3 aromatic heterocycles. The van der Waals surface area contributed by atoms with Crippen molar-refractivity contribution in [3.63, 3.8) is 0 Å². The van der Waals surface area contributed by atoms with E-state index >= 15 is 4.39 Å². The third-order valence-corrected chi connectivity index (χ3v) is 14.2. The highest BCUT2D eigenvalue weighted by molar-refractivity contribution is 7.16. The third kappa shape index (κ3) is 14.6. The number of nitrogens with zero attached hydrogens (tertiary/aromatic N) is 7. The molecular weight excluding hydrogens is 914 g/mol. The van der Waals surface area contributed by atoms with Gasteiger partial charge in [-0.2, -0.15) is 4.99 Å². The fourth-order valence-corrected chi connectivity index (χ4v) is 9.61. The maximum Gasteiger partial charge on any atom is 0.410 e. The molecular formula is C48H62FN7O8S2Si. The maximum absolute atomic E-state index is 15.1. The van der Waals surface area contributed by atoms with Gasteiger partial charge in [-0.25, -0.2) is 19.0 Å². The highest BCUT2D eigenvalue weighted by Gasteiger charge is 2.33. The number of carbonyl (C=O) groups excluding carboxylic acids is 2. The first-order valence-corrected chi connectivity index (χ1v) is 27.6. The zero-order chi connectivity index (χ0) is 48.5. The summed E-state index contributed by atoms with van der Waals surface area (Å²) in [5.74, 6) is 4.96. The first-order chi connectivity index (χ1) is 31.7. The number of methoxy groups -OCH3 is 1. The molecule has 360 valence electrons. The molecule has 19 heteroatoms. The van der Waals surface area contributed by atoms with Crippen molar-refractivity contribution < 1.29 is 42.4 Å². The number of halogens is 1. The second-order valence-corrected chi connectivity index (χ2v) is 26.5. The summed E-state index contributed by atoms with van der Waals surface area (Å²) in [5.41, 5.74) is 1.82. The molecule has 1 fully saturated rings. The number of esters is 1. The predicted octanol–water partition coefficient (Wildman–Crippen LogP) is 9.64. The Balaban J connectivity index is 1.19. The van der Waals surface area contributed by atoms with E-state index in [0.29, 0.717) is 73.0 Å². The normalized spacial score (nSPS) is 15.0. The summed E-state index contributed by atoms with van der Waals surface area (Å²) >= 11 is 2.91. The molecule has 0 radical (unpaired) electrons. The molecule has 0 spiro atoms. The average molecular weight is 976 g/mol. The van der Waals surface area contributed by atoms with Gasteiger partial charge in [0.05, 0.1) is 43.2 Å². The molecule has 0 aliphatic carbocycles. The number of ether oxygens (including phenoxy) is 6. The second kappa shape index (κ2) is 22.3. The van der Waals surface area contributed by atoms with Crippen LogP contribution in [-0.2, 0) is 36.8 Å². The van der Waals surface area contributed by atoms with E-state index in [1.165, 1.54) is 35.5 Å². The number of para-hydroxylation sites is 1. The number of benzene rings is 2. The molecule has 0 N–H and O–H groups in total. The quantitative estimate of drug-likeness (QED) is 0.0356. The Hall–Kier alpha value is -5.23. The number of rotatable bonds is 18. The molecule has 1 saturated heterocycles. The Morgan fingerprint density at radius 2 is 1.87 bits per heavy atom. The van der Waals surface area contributed by atoms with Crippen LogP contribution in [0.2, 0.25) is 25.7 Å². The molecule has 67 heavy (non-hydrogen) atoms. The molecule has 1 aliphatic heterocycles. The lowest BCUT2D eigenvalue weighted by molar-refractivity contribution is -0.138. The lowest BCUT2D eigenvalue weighted by Gasteiger charge is -2.23. The molecule has 0 bridgehead atoms. The van der Waals surface area contributed by atoms with Crippen LogP contribution in [-0.4, -0.2) is 109 Å². The van der Waals surface area contributed by atoms with E-state index in [2.05, 4.69) is 58.4 Å². The molecule has 4 heterocycles. The van der Waals surface area contributed by atoms with Crippen LogP contribution >= 0.6 is 22.7 Å². The van der Waals surface area contributed by atoms with Gasteiger partial charge in [0.25, 0.3) is 0 Å². The Bertz CT molecular complexity index is 2660. The monoisotopic (exact) mass is 975 g/mol. The van der Waals surface area contributed by atoms with Crippen LogP contribution in [0.1, 0.15) is 74.0 Å². The van der Waals surface area contributed by atoms with Crippen LogP contribution in [0.15, 0.2) is 53.5 Å². The summed E-state index contributed by atoms with van der Waals surface area (Å²) < 4.78 is 52.8. The maximum atomic E-state index is 15.1. The molecule has 1 atom stereocenters. The van der Waals surface area contributed by atoms with Gasteiger partial charge in [0.15, 0.2) is 44.6 Å². The number of amides is 1. The summed E-state index contributed by atoms with van der Waals surface area (Å²) in [6.07, 6.45) is 0.749. The van der Waals surface area contributed by atoms with Crippen LogP contribution in [0.4, 0.5) is 26.0 Å². The minimum Gasteiger partial charge on any atom is -0.491 e. The molecule has 1 unspecified atom stereocenters. The van der Waals surface area contributed by atoms with Gasteiger partial charge >= 0.3 is 12.1 Å². The van der Waals surface area contributed by atoms with Gasteiger partial charge in [0.1, 0.15) is 12.3 Å². The molecule has 1 aliphatic rings.